The van der Waals surface area contributed by atoms with Gasteiger partial charge in [-0.05, 0) is 79.6 Å². The minimum absolute atomic E-state index is 0.00924. The van der Waals surface area contributed by atoms with Gasteiger partial charge in [-0.1, -0.05) is 49.2 Å². The van der Waals surface area contributed by atoms with Crippen LogP contribution in [0.3, 0.4) is 0 Å². The molecule has 5 heterocycles. The molecule has 4 aliphatic heterocycles. The number of likely N-dealkylation sites (tertiary alicyclic amines) is 1. The number of benzene rings is 1. The van der Waals surface area contributed by atoms with E-state index in [0.717, 1.165) is 37.1 Å². The number of carbonyl (C=O) groups is 2. The lowest BCUT2D eigenvalue weighted by Crippen LogP contribution is -2.60. The van der Waals surface area contributed by atoms with Crippen LogP contribution >= 0.6 is 35.0 Å². The Labute approximate surface area is 288 Å². The van der Waals surface area contributed by atoms with Gasteiger partial charge in [-0.3, -0.25) is 19.5 Å². The number of aliphatic imine (C=N–C) groups is 1. The smallest absolute Gasteiger partial charge is 0.263 e. The third-order valence-electron chi connectivity index (χ3n) is 10.3. The maximum atomic E-state index is 14.9. The minimum atomic E-state index is -0.536. The number of rotatable bonds is 7. The molecule has 1 spiro atoms. The molecule has 3 fully saturated rings. The van der Waals surface area contributed by atoms with Crippen molar-refractivity contribution in [1.29, 1.82) is 0 Å². The van der Waals surface area contributed by atoms with Crippen molar-refractivity contribution in [3.05, 3.63) is 74.3 Å². The number of amides is 2. The van der Waals surface area contributed by atoms with Gasteiger partial charge in [0.1, 0.15) is 28.0 Å². The summed E-state index contributed by atoms with van der Waals surface area (Å²) in [6, 6.07) is 6.86. The van der Waals surface area contributed by atoms with Crippen molar-refractivity contribution < 1.29 is 19.1 Å². The SMILES string of the molecule is CC(C)C1=C(C(=O)N2[C@H](C)CC[C@H]2C(=O)N2CCN(CCO)C3(CC3)C2)SC2=N[C@@H](c3ccc(Cl)nc3)[C@@H](c3ccc(Cl)c(F)c3)N21. The van der Waals surface area contributed by atoms with Gasteiger partial charge in [-0.15, -0.1) is 0 Å². The van der Waals surface area contributed by atoms with Gasteiger partial charge in [0.05, 0.1) is 17.7 Å². The first-order chi connectivity index (χ1) is 22.5. The Bertz CT molecular complexity index is 1650. The molecule has 13 heteroatoms. The molecule has 2 amide bonds. The van der Waals surface area contributed by atoms with Gasteiger partial charge in [-0.25, -0.2) is 9.37 Å². The van der Waals surface area contributed by atoms with Crippen LogP contribution in [0.1, 0.15) is 69.7 Å². The highest BCUT2D eigenvalue weighted by Crippen LogP contribution is 2.54. The van der Waals surface area contributed by atoms with Crippen LogP contribution in [0.15, 0.2) is 52.1 Å². The second-order valence-corrected chi connectivity index (χ2v) is 15.4. The molecular formula is C34H39Cl2FN6O3S. The first-order valence-corrected chi connectivity index (χ1v) is 17.9. The van der Waals surface area contributed by atoms with E-state index in [2.05, 4.69) is 14.8 Å². The lowest BCUT2D eigenvalue weighted by atomic mass is 9.93. The lowest BCUT2D eigenvalue weighted by molar-refractivity contribution is -0.145. The number of aliphatic hydroxyl groups is 1. The van der Waals surface area contributed by atoms with Crippen LogP contribution in [0, 0.1) is 11.7 Å². The maximum absolute atomic E-state index is 14.9. The minimum Gasteiger partial charge on any atom is -0.395 e. The number of piperazine rings is 1. The molecule has 1 saturated carbocycles. The van der Waals surface area contributed by atoms with E-state index in [1.165, 1.54) is 17.8 Å². The molecule has 1 aromatic heterocycles. The summed E-state index contributed by atoms with van der Waals surface area (Å²) in [6.45, 7) is 8.79. The fraction of sp³-hybridized carbons (Fsp3) is 0.529. The molecule has 0 unspecified atom stereocenters. The number of aliphatic hydroxyl groups excluding tert-OH is 1. The Hall–Kier alpha value is -2.70. The van der Waals surface area contributed by atoms with E-state index in [1.54, 1.807) is 29.3 Å². The molecule has 1 aliphatic carbocycles. The molecule has 2 aromatic rings. The number of allylic oxidation sites excluding steroid dienone is 1. The standard InChI is InChI=1S/C34H39Cl2FN6O3S/c1-19(2)28-30(32(46)42-20(3)4-8-25(42)31(45)40-12-13-41(14-15-44)34(18-40)10-11-34)47-33-39-27(22-6-9-26(36)38-17-22)29(43(28)33)21-5-7-23(35)24(37)16-21/h5-7,9,16-17,19-20,25,27,29,44H,4,8,10-15,18H2,1-3H3/t20-,25+,27+,29-/m1/s1. The van der Waals surface area contributed by atoms with Gasteiger partial charge in [-0.2, -0.15) is 0 Å². The third kappa shape index (κ3) is 5.75. The van der Waals surface area contributed by atoms with Crippen molar-refractivity contribution in [2.24, 2.45) is 10.9 Å². The molecule has 7 rings (SSSR count). The summed E-state index contributed by atoms with van der Waals surface area (Å²) in [5.41, 5.74) is 2.26. The molecular weight excluding hydrogens is 662 g/mol. The molecule has 9 nitrogen and oxygen atoms in total. The van der Waals surface area contributed by atoms with E-state index < -0.39 is 23.9 Å². The van der Waals surface area contributed by atoms with E-state index in [0.29, 0.717) is 46.8 Å². The predicted molar refractivity (Wildman–Crippen MR) is 181 cm³/mol. The van der Waals surface area contributed by atoms with Gasteiger partial charge < -0.3 is 19.8 Å². The van der Waals surface area contributed by atoms with Crippen LogP contribution in [0.25, 0.3) is 0 Å². The first kappa shape index (κ1) is 32.8. The Kier molecular flexibility index (Phi) is 8.83. The number of β-amino-alcohol motifs (C(OH)–C–C–N with tert-alkyl or cyclic N) is 1. The lowest BCUT2D eigenvalue weighted by Gasteiger charge is -2.43. The van der Waals surface area contributed by atoms with Crippen molar-refractivity contribution in [1.82, 2.24) is 24.6 Å². The Morgan fingerprint density at radius 2 is 1.89 bits per heavy atom. The fourth-order valence-corrected chi connectivity index (χ4v) is 9.34. The van der Waals surface area contributed by atoms with Crippen LogP contribution in [-0.4, -0.2) is 97.1 Å². The van der Waals surface area contributed by atoms with Gasteiger partial charge in [0, 0.05) is 49.7 Å². The number of hydrogen-bond donors (Lipinski definition) is 1. The van der Waals surface area contributed by atoms with E-state index >= 15 is 0 Å². The summed E-state index contributed by atoms with van der Waals surface area (Å²) in [4.78, 5) is 46.9. The van der Waals surface area contributed by atoms with Gasteiger partial charge in [0.2, 0.25) is 5.91 Å². The van der Waals surface area contributed by atoms with Crippen LogP contribution in [0.4, 0.5) is 4.39 Å². The van der Waals surface area contributed by atoms with Crippen molar-refractivity contribution in [3.63, 3.8) is 0 Å². The first-order valence-electron chi connectivity index (χ1n) is 16.4. The zero-order valence-corrected chi connectivity index (χ0v) is 29.0. The molecule has 0 bridgehead atoms. The van der Waals surface area contributed by atoms with Crippen LogP contribution in [-0.2, 0) is 9.59 Å². The molecule has 2 saturated heterocycles. The second-order valence-electron chi connectivity index (χ2n) is 13.6. The normalized spacial score (nSPS) is 26.9. The van der Waals surface area contributed by atoms with Gasteiger partial charge in [0.25, 0.3) is 5.91 Å². The monoisotopic (exact) mass is 700 g/mol. The van der Waals surface area contributed by atoms with Crippen molar-refractivity contribution in [3.8, 4) is 0 Å². The predicted octanol–water partition coefficient (Wildman–Crippen LogP) is 5.64. The average molecular weight is 702 g/mol. The number of fused-ring (bicyclic) bond motifs is 1. The fourth-order valence-electron chi connectivity index (χ4n) is 7.82. The van der Waals surface area contributed by atoms with Crippen LogP contribution < -0.4 is 0 Å². The molecule has 250 valence electrons. The summed E-state index contributed by atoms with van der Waals surface area (Å²) in [5, 5.41) is 10.6. The van der Waals surface area contributed by atoms with Crippen molar-refractivity contribution >= 4 is 51.9 Å². The highest BCUT2D eigenvalue weighted by Gasteiger charge is 2.54. The number of aromatic nitrogens is 1. The summed E-state index contributed by atoms with van der Waals surface area (Å²) in [6.07, 6.45) is 5.09. The number of pyridine rings is 1. The molecule has 4 atom stereocenters. The van der Waals surface area contributed by atoms with Crippen LogP contribution in [0.2, 0.25) is 10.2 Å². The summed E-state index contributed by atoms with van der Waals surface area (Å²) in [5.74, 6) is -0.751. The van der Waals surface area contributed by atoms with Crippen LogP contribution in [0.5, 0.6) is 0 Å². The Morgan fingerprint density at radius 1 is 1.13 bits per heavy atom. The highest BCUT2D eigenvalue weighted by atomic mass is 35.5. The summed E-state index contributed by atoms with van der Waals surface area (Å²) >= 11 is 13.5. The zero-order chi connectivity index (χ0) is 33.2. The number of halogens is 3. The van der Waals surface area contributed by atoms with E-state index in [9.17, 15) is 19.1 Å². The molecule has 1 aromatic carbocycles. The molecule has 0 radical (unpaired) electrons. The van der Waals surface area contributed by atoms with E-state index in [-0.39, 0.29) is 40.9 Å². The Morgan fingerprint density at radius 3 is 2.55 bits per heavy atom. The van der Waals surface area contributed by atoms with Crippen molar-refractivity contribution in [2.75, 3.05) is 32.8 Å². The highest BCUT2D eigenvalue weighted by molar-refractivity contribution is 8.18. The number of carbonyl (C=O) groups excluding carboxylic acids is 2. The summed E-state index contributed by atoms with van der Waals surface area (Å²) in [7, 11) is 0. The number of thioether (sulfide) groups is 1. The molecule has 5 aliphatic rings. The second kappa shape index (κ2) is 12.6. The maximum Gasteiger partial charge on any atom is 0.263 e. The van der Waals surface area contributed by atoms with E-state index in [4.69, 9.17) is 28.2 Å². The van der Waals surface area contributed by atoms with Gasteiger partial charge in [0.15, 0.2) is 5.17 Å². The van der Waals surface area contributed by atoms with Crippen molar-refractivity contribution in [2.45, 2.75) is 76.2 Å². The third-order valence-corrected chi connectivity index (χ3v) is 11.9. The topological polar surface area (TPSA) is 92.6 Å². The largest absolute Gasteiger partial charge is 0.395 e. The van der Waals surface area contributed by atoms with E-state index in [1.807, 2.05) is 31.7 Å². The average Bonchev–Trinajstić information content (AvgIpc) is 3.36. The zero-order valence-electron chi connectivity index (χ0n) is 26.7. The quantitative estimate of drug-likeness (QED) is 0.374. The number of nitrogens with zero attached hydrogens (tertiary/aromatic N) is 6. The molecule has 1 N–H and O–H groups in total. The van der Waals surface area contributed by atoms with Gasteiger partial charge >= 0.3 is 0 Å². The molecule has 47 heavy (non-hydrogen) atoms. The number of hydrogen-bond acceptors (Lipinski definition) is 8. The number of amidine groups is 1. The Balaban J connectivity index is 1.21. The summed E-state index contributed by atoms with van der Waals surface area (Å²) < 4.78 is 14.9.